The molecule has 0 heterocycles. The van der Waals surface area contributed by atoms with Crippen LogP contribution in [0.2, 0.25) is 0 Å². The number of esters is 1. The van der Waals surface area contributed by atoms with Crippen molar-refractivity contribution >= 4 is 5.97 Å². The first-order valence-electron chi connectivity index (χ1n) is 3.49. The monoisotopic (exact) mass is 162 g/mol. The maximum absolute atomic E-state index is 10.3. The first kappa shape index (κ1) is 10.4. The van der Waals surface area contributed by atoms with E-state index in [-0.39, 0.29) is 18.7 Å². The van der Waals surface area contributed by atoms with Crippen LogP contribution >= 0.6 is 0 Å². The van der Waals surface area contributed by atoms with E-state index in [9.17, 15) is 4.79 Å². The molecule has 0 aliphatic carbocycles. The fourth-order valence-electron chi connectivity index (χ4n) is 0.610. The second-order valence-electron chi connectivity index (χ2n) is 2.35. The zero-order valence-electron chi connectivity index (χ0n) is 7.03. The van der Waals surface area contributed by atoms with E-state index in [1.807, 2.05) is 0 Å². The molecule has 4 heteroatoms. The summed E-state index contributed by atoms with van der Waals surface area (Å²) in [7, 11) is 0. The molecule has 0 aromatic carbocycles. The van der Waals surface area contributed by atoms with E-state index in [0.29, 0.717) is 0 Å². The zero-order valence-corrected chi connectivity index (χ0v) is 7.03. The van der Waals surface area contributed by atoms with Crippen LogP contribution in [0.15, 0.2) is 0 Å². The Morgan fingerprint density at radius 3 is 2.45 bits per heavy atom. The molecule has 0 rings (SSSR count). The summed E-state index contributed by atoms with van der Waals surface area (Å²) in [6, 6.07) is 0. The second kappa shape index (κ2) is 5.09. The number of carbonyl (C=O) groups excluding carboxylic acids is 1. The fourth-order valence-corrected chi connectivity index (χ4v) is 0.610. The standard InChI is InChI=1S/C7H14O4/c1-5(11-7(3)9)4-10-6(2)8/h5,7,9H,4H2,1-3H3. The van der Waals surface area contributed by atoms with Gasteiger partial charge in [-0.2, -0.15) is 0 Å². The predicted octanol–water partition coefficient (Wildman–Crippen LogP) is 0.293. The Hall–Kier alpha value is -0.610. The van der Waals surface area contributed by atoms with E-state index >= 15 is 0 Å². The van der Waals surface area contributed by atoms with E-state index in [1.54, 1.807) is 6.92 Å². The van der Waals surface area contributed by atoms with Crippen molar-refractivity contribution in [3.8, 4) is 0 Å². The third-order valence-corrected chi connectivity index (χ3v) is 0.951. The average Bonchev–Trinajstić information content (AvgIpc) is 1.82. The summed E-state index contributed by atoms with van der Waals surface area (Å²) in [6.45, 7) is 4.73. The van der Waals surface area contributed by atoms with Crippen LogP contribution in [0, 0.1) is 0 Å². The normalized spacial score (nSPS) is 15.6. The van der Waals surface area contributed by atoms with Gasteiger partial charge >= 0.3 is 5.97 Å². The summed E-state index contributed by atoms with van der Waals surface area (Å²) < 4.78 is 9.51. The minimum atomic E-state index is -0.819. The molecule has 0 aromatic heterocycles. The molecular weight excluding hydrogens is 148 g/mol. The molecule has 4 nitrogen and oxygen atoms in total. The lowest BCUT2D eigenvalue weighted by molar-refractivity contribution is -0.157. The number of ether oxygens (including phenoxy) is 2. The molecule has 1 N–H and O–H groups in total. The number of hydrogen-bond acceptors (Lipinski definition) is 4. The summed E-state index contributed by atoms with van der Waals surface area (Å²) >= 11 is 0. The van der Waals surface area contributed by atoms with Crippen molar-refractivity contribution in [3.63, 3.8) is 0 Å². The molecule has 0 radical (unpaired) electrons. The molecule has 11 heavy (non-hydrogen) atoms. The summed E-state index contributed by atoms with van der Waals surface area (Å²) in [5.74, 6) is -0.342. The van der Waals surface area contributed by atoms with Gasteiger partial charge in [0.15, 0.2) is 6.29 Å². The number of aliphatic hydroxyl groups excluding tert-OH is 1. The third kappa shape index (κ3) is 7.29. The van der Waals surface area contributed by atoms with Gasteiger partial charge < -0.3 is 14.6 Å². The minimum absolute atomic E-state index is 0.181. The molecule has 0 aromatic rings. The van der Waals surface area contributed by atoms with Crippen LogP contribution in [0.25, 0.3) is 0 Å². The Morgan fingerprint density at radius 2 is 2.09 bits per heavy atom. The van der Waals surface area contributed by atoms with Gasteiger partial charge in [-0.05, 0) is 13.8 Å². The van der Waals surface area contributed by atoms with Crippen LogP contribution < -0.4 is 0 Å². The fraction of sp³-hybridized carbons (Fsp3) is 0.857. The highest BCUT2D eigenvalue weighted by Crippen LogP contribution is 1.95. The molecule has 2 atom stereocenters. The lowest BCUT2D eigenvalue weighted by Crippen LogP contribution is -2.22. The molecule has 0 aliphatic rings. The molecule has 0 amide bonds. The van der Waals surface area contributed by atoms with Crippen LogP contribution in [-0.4, -0.2) is 30.1 Å². The van der Waals surface area contributed by atoms with Crippen LogP contribution in [-0.2, 0) is 14.3 Å². The van der Waals surface area contributed by atoms with Gasteiger partial charge in [0.1, 0.15) is 6.61 Å². The van der Waals surface area contributed by atoms with Crippen LogP contribution in [0.3, 0.4) is 0 Å². The lowest BCUT2D eigenvalue weighted by atomic mass is 10.4. The Labute approximate surface area is 66.1 Å². The van der Waals surface area contributed by atoms with Gasteiger partial charge in [0, 0.05) is 6.92 Å². The Morgan fingerprint density at radius 1 is 1.55 bits per heavy atom. The minimum Gasteiger partial charge on any atom is -0.463 e. The molecule has 0 saturated carbocycles. The summed E-state index contributed by atoms with van der Waals surface area (Å²) in [6.07, 6.45) is -1.08. The number of hydrogen-bond donors (Lipinski definition) is 1. The summed E-state index contributed by atoms with van der Waals surface area (Å²) in [4.78, 5) is 10.3. The van der Waals surface area contributed by atoms with E-state index in [1.165, 1.54) is 13.8 Å². The topological polar surface area (TPSA) is 55.8 Å². The molecule has 0 bridgehead atoms. The SMILES string of the molecule is CC(=O)OCC(C)OC(C)O. The van der Waals surface area contributed by atoms with Gasteiger partial charge in [-0.1, -0.05) is 0 Å². The maximum Gasteiger partial charge on any atom is 0.302 e. The number of aliphatic hydroxyl groups is 1. The van der Waals surface area contributed by atoms with E-state index in [0.717, 1.165) is 0 Å². The van der Waals surface area contributed by atoms with Crippen molar-refractivity contribution in [1.82, 2.24) is 0 Å². The van der Waals surface area contributed by atoms with E-state index in [4.69, 9.17) is 9.84 Å². The number of rotatable bonds is 4. The first-order chi connectivity index (χ1) is 5.02. The molecule has 0 saturated heterocycles. The third-order valence-electron chi connectivity index (χ3n) is 0.951. The van der Waals surface area contributed by atoms with Crippen molar-refractivity contribution in [2.24, 2.45) is 0 Å². The van der Waals surface area contributed by atoms with Crippen molar-refractivity contribution < 1.29 is 19.4 Å². The molecule has 2 unspecified atom stereocenters. The molecule has 66 valence electrons. The van der Waals surface area contributed by atoms with Gasteiger partial charge in [-0.15, -0.1) is 0 Å². The highest BCUT2D eigenvalue weighted by Gasteiger charge is 2.06. The van der Waals surface area contributed by atoms with Gasteiger partial charge in [-0.25, -0.2) is 0 Å². The van der Waals surface area contributed by atoms with Crippen LogP contribution in [0.1, 0.15) is 20.8 Å². The quantitative estimate of drug-likeness (QED) is 0.477. The van der Waals surface area contributed by atoms with Crippen molar-refractivity contribution in [2.75, 3.05) is 6.61 Å². The van der Waals surface area contributed by atoms with E-state index in [2.05, 4.69) is 4.74 Å². The molecule has 0 fully saturated rings. The Kier molecular flexibility index (Phi) is 4.81. The second-order valence-corrected chi connectivity index (χ2v) is 2.35. The molecular formula is C7H14O4. The highest BCUT2D eigenvalue weighted by atomic mass is 16.6. The largest absolute Gasteiger partial charge is 0.463 e. The lowest BCUT2D eigenvalue weighted by Gasteiger charge is -2.14. The number of carbonyl (C=O) groups is 1. The van der Waals surface area contributed by atoms with Gasteiger partial charge in [0.05, 0.1) is 6.10 Å². The van der Waals surface area contributed by atoms with Gasteiger partial charge in [0.2, 0.25) is 0 Å². The van der Waals surface area contributed by atoms with Gasteiger partial charge in [-0.3, -0.25) is 4.79 Å². The van der Waals surface area contributed by atoms with Crippen molar-refractivity contribution in [2.45, 2.75) is 33.2 Å². The van der Waals surface area contributed by atoms with Gasteiger partial charge in [0.25, 0.3) is 0 Å². The summed E-state index contributed by atoms with van der Waals surface area (Å²) in [5, 5.41) is 8.73. The first-order valence-corrected chi connectivity index (χ1v) is 3.49. The van der Waals surface area contributed by atoms with Crippen molar-refractivity contribution in [1.29, 1.82) is 0 Å². The Bertz CT molecular complexity index is 122. The predicted molar refractivity (Wildman–Crippen MR) is 38.9 cm³/mol. The zero-order chi connectivity index (χ0) is 8.85. The Balaban J connectivity index is 3.37. The maximum atomic E-state index is 10.3. The average molecular weight is 162 g/mol. The van der Waals surface area contributed by atoms with Crippen molar-refractivity contribution in [3.05, 3.63) is 0 Å². The highest BCUT2D eigenvalue weighted by molar-refractivity contribution is 5.65. The molecule has 0 spiro atoms. The summed E-state index contributed by atoms with van der Waals surface area (Å²) in [5.41, 5.74) is 0. The van der Waals surface area contributed by atoms with Crippen LogP contribution in [0.4, 0.5) is 0 Å². The van der Waals surface area contributed by atoms with Crippen LogP contribution in [0.5, 0.6) is 0 Å². The molecule has 0 aliphatic heterocycles. The van der Waals surface area contributed by atoms with E-state index < -0.39 is 6.29 Å². The smallest absolute Gasteiger partial charge is 0.302 e.